The maximum atomic E-state index is 14.4. The van der Waals surface area contributed by atoms with E-state index in [-0.39, 0.29) is 22.0 Å². The van der Waals surface area contributed by atoms with E-state index in [1.165, 1.54) is 42.5 Å². The molecule has 0 aliphatic carbocycles. The second kappa shape index (κ2) is 11.0. The molecule has 3 aromatic carbocycles. The van der Waals surface area contributed by atoms with E-state index in [9.17, 15) is 17.6 Å². The van der Waals surface area contributed by atoms with Crippen LogP contribution in [-0.4, -0.2) is 25.2 Å². The van der Waals surface area contributed by atoms with E-state index >= 15 is 0 Å². The van der Waals surface area contributed by atoms with Gasteiger partial charge in [-0.2, -0.15) is 4.31 Å². The van der Waals surface area contributed by atoms with Crippen LogP contribution in [0.25, 0.3) is 0 Å². The average Bonchev–Trinajstić information content (AvgIpc) is 2.75. The van der Waals surface area contributed by atoms with Crippen molar-refractivity contribution in [3.63, 3.8) is 0 Å². The number of nitrogens with one attached hydrogen (secondary N) is 1. The molecule has 0 aliphatic rings. The third-order valence-electron chi connectivity index (χ3n) is 4.66. The van der Waals surface area contributed by atoms with E-state index in [4.69, 9.17) is 46.4 Å². The van der Waals surface area contributed by atoms with Crippen molar-refractivity contribution >= 4 is 62.3 Å². The monoisotopic (exact) mass is 548 g/mol. The third-order valence-corrected chi connectivity index (χ3v) is 7.66. The molecule has 0 spiro atoms. The Bertz CT molecular complexity index is 1250. The van der Waals surface area contributed by atoms with E-state index in [1.807, 2.05) is 0 Å². The summed E-state index contributed by atoms with van der Waals surface area (Å²) in [6, 6.07) is 14.2. The normalized spacial score (nSPS) is 11.6. The quantitative estimate of drug-likeness (QED) is 0.378. The van der Waals surface area contributed by atoms with Gasteiger partial charge >= 0.3 is 0 Å². The van der Waals surface area contributed by atoms with Crippen molar-refractivity contribution in [1.82, 2.24) is 9.62 Å². The smallest absolute Gasteiger partial charge is 0.243 e. The molecule has 5 nitrogen and oxygen atoms in total. The molecule has 3 rings (SSSR count). The summed E-state index contributed by atoms with van der Waals surface area (Å²) in [5, 5.41) is 3.80. The molecular formula is C22H17Cl4FN2O3S. The summed E-state index contributed by atoms with van der Waals surface area (Å²) in [6.45, 7) is -0.990. The van der Waals surface area contributed by atoms with Gasteiger partial charge in [0.1, 0.15) is 5.82 Å². The number of amides is 1. The maximum Gasteiger partial charge on any atom is 0.243 e. The maximum absolute atomic E-state index is 14.4. The van der Waals surface area contributed by atoms with Crippen LogP contribution in [0.2, 0.25) is 20.1 Å². The molecule has 3 aromatic rings. The van der Waals surface area contributed by atoms with Crippen molar-refractivity contribution < 1.29 is 17.6 Å². The van der Waals surface area contributed by atoms with E-state index in [0.29, 0.717) is 20.6 Å². The Labute approximate surface area is 211 Å². The molecule has 0 saturated carbocycles. The summed E-state index contributed by atoms with van der Waals surface area (Å²) in [7, 11) is -4.20. The molecule has 174 valence electrons. The zero-order chi connectivity index (χ0) is 24.2. The van der Waals surface area contributed by atoms with Crippen LogP contribution in [0.4, 0.5) is 4.39 Å². The van der Waals surface area contributed by atoms with Crippen LogP contribution in [-0.2, 0) is 27.9 Å². The summed E-state index contributed by atoms with van der Waals surface area (Å²) in [4.78, 5) is 12.6. The van der Waals surface area contributed by atoms with Crippen molar-refractivity contribution in [3.8, 4) is 0 Å². The minimum absolute atomic E-state index is 0.0414. The standard InChI is InChI=1S/C22H17Cl4FN2O3S/c23-15-6-8-17(9-7-15)33(31,32)29(12-18-19(25)2-1-3-21(18)27)13-22(30)28-11-14-4-5-16(24)10-20(14)26/h1-10H,11-13H2,(H,28,30). The molecule has 0 unspecified atom stereocenters. The molecule has 0 aliphatic heterocycles. The number of carbonyl (C=O) groups is 1. The summed E-state index contributed by atoms with van der Waals surface area (Å²) in [6.07, 6.45) is 0. The molecule has 0 saturated heterocycles. The van der Waals surface area contributed by atoms with Gasteiger partial charge in [0.25, 0.3) is 0 Å². The van der Waals surface area contributed by atoms with Crippen LogP contribution in [0.15, 0.2) is 65.6 Å². The molecule has 33 heavy (non-hydrogen) atoms. The summed E-state index contributed by atoms with van der Waals surface area (Å²) < 4.78 is 41.8. The van der Waals surface area contributed by atoms with Crippen molar-refractivity contribution in [2.75, 3.05) is 6.54 Å². The predicted molar refractivity (Wildman–Crippen MR) is 129 cm³/mol. The first kappa shape index (κ1) is 25.7. The lowest BCUT2D eigenvalue weighted by Crippen LogP contribution is -2.40. The minimum Gasteiger partial charge on any atom is -0.351 e. The number of halogens is 5. The van der Waals surface area contributed by atoms with Crippen molar-refractivity contribution in [2.24, 2.45) is 0 Å². The zero-order valence-corrected chi connectivity index (χ0v) is 20.7. The molecule has 0 atom stereocenters. The Morgan fingerprint density at radius 1 is 0.909 bits per heavy atom. The first-order chi connectivity index (χ1) is 15.6. The van der Waals surface area contributed by atoms with Gasteiger partial charge in [-0.1, -0.05) is 58.5 Å². The van der Waals surface area contributed by atoms with E-state index in [0.717, 1.165) is 10.4 Å². The fourth-order valence-electron chi connectivity index (χ4n) is 2.92. The molecule has 0 fully saturated rings. The van der Waals surface area contributed by atoms with Crippen LogP contribution < -0.4 is 5.32 Å². The first-order valence-electron chi connectivity index (χ1n) is 9.47. The van der Waals surface area contributed by atoms with Gasteiger partial charge < -0.3 is 5.32 Å². The number of carbonyl (C=O) groups excluding carboxylic acids is 1. The first-order valence-corrected chi connectivity index (χ1v) is 12.4. The Morgan fingerprint density at radius 2 is 1.58 bits per heavy atom. The van der Waals surface area contributed by atoms with E-state index in [2.05, 4.69) is 5.32 Å². The Morgan fingerprint density at radius 3 is 2.21 bits per heavy atom. The van der Waals surface area contributed by atoms with Gasteiger partial charge in [0.15, 0.2) is 0 Å². The van der Waals surface area contributed by atoms with Gasteiger partial charge in [0, 0.05) is 38.7 Å². The Hall–Kier alpha value is -1.87. The lowest BCUT2D eigenvalue weighted by molar-refractivity contribution is -0.121. The highest BCUT2D eigenvalue weighted by molar-refractivity contribution is 7.89. The zero-order valence-electron chi connectivity index (χ0n) is 16.9. The number of hydrogen-bond acceptors (Lipinski definition) is 3. The lowest BCUT2D eigenvalue weighted by Gasteiger charge is -2.23. The van der Waals surface area contributed by atoms with E-state index < -0.39 is 34.8 Å². The summed E-state index contributed by atoms with van der Waals surface area (Å²) in [5.41, 5.74) is 0.545. The van der Waals surface area contributed by atoms with Gasteiger partial charge in [0.2, 0.25) is 15.9 Å². The molecule has 0 heterocycles. The number of sulfonamides is 1. The second-order valence-corrected chi connectivity index (χ2v) is 10.6. The van der Waals surface area contributed by atoms with Gasteiger partial charge in [-0.15, -0.1) is 0 Å². The predicted octanol–water partition coefficient (Wildman–Crippen LogP) is 5.95. The van der Waals surface area contributed by atoms with Crippen molar-refractivity contribution in [2.45, 2.75) is 18.0 Å². The third kappa shape index (κ3) is 6.59. The van der Waals surface area contributed by atoms with Crippen LogP contribution >= 0.6 is 46.4 Å². The topological polar surface area (TPSA) is 66.5 Å². The van der Waals surface area contributed by atoms with Crippen LogP contribution in [0.5, 0.6) is 0 Å². The summed E-state index contributed by atoms with van der Waals surface area (Å²) >= 11 is 23.9. The van der Waals surface area contributed by atoms with Crippen molar-refractivity contribution in [1.29, 1.82) is 0 Å². The minimum atomic E-state index is -4.20. The number of nitrogens with zero attached hydrogens (tertiary/aromatic N) is 1. The highest BCUT2D eigenvalue weighted by Crippen LogP contribution is 2.25. The van der Waals surface area contributed by atoms with Gasteiger partial charge in [-0.05, 0) is 54.1 Å². The highest BCUT2D eigenvalue weighted by atomic mass is 35.5. The van der Waals surface area contributed by atoms with Crippen LogP contribution in [0.1, 0.15) is 11.1 Å². The molecule has 11 heteroatoms. The molecule has 1 amide bonds. The molecule has 0 aromatic heterocycles. The Balaban J connectivity index is 1.86. The fourth-order valence-corrected chi connectivity index (χ4v) is 5.10. The highest BCUT2D eigenvalue weighted by Gasteiger charge is 2.28. The number of benzene rings is 3. The molecule has 1 N–H and O–H groups in total. The van der Waals surface area contributed by atoms with Crippen LogP contribution in [0.3, 0.4) is 0 Å². The van der Waals surface area contributed by atoms with Gasteiger partial charge in [-0.3, -0.25) is 4.79 Å². The van der Waals surface area contributed by atoms with Crippen molar-refractivity contribution in [3.05, 3.63) is 97.7 Å². The SMILES string of the molecule is O=C(CN(Cc1c(F)cccc1Cl)S(=O)(=O)c1ccc(Cl)cc1)NCc1ccc(Cl)cc1Cl. The van der Waals surface area contributed by atoms with Gasteiger partial charge in [0.05, 0.1) is 11.4 Å². The van der Waals surface area contributed by atoms with Crippen LogP contribution in [0, 0.1) is 5.82 Å². The van der Waals surface area contributed by atoms with Gasteiger partial charge in [-0.25, -0.2) is 12.8 Å². The molecular weight excluding hydrogens is 533 g/mol. The number of hydrogen-bond donors (Lipinski definition) is 1. The summed E-state index contributed by atoms with van der Waals surface area (Å²) in [5.74, 6) is -1.31. The average molecular weight is 550 g/mol. The fraction of sp³-hybridized carbons (Fsp3) is 0.136. The lowest BCUT2D eigenvalue weighted by atomic mass is 10.2. The van der Waals surface area contributed by atoms with E-state index in [1.54, 1.807) is 12.1 Å². The Kier molecular flexibility index (Phi) is 8.61. The second-order valence-electron chi connectivity index (χ2n) is 6.94. The molecule has 0 bridgehead atoms. The largest absolute Gasteiger partial charge is 0.351 e. The number of rotatable bonds is 8. The molecule has 0 radical (unpaired) electrons.